The van der Waals surface area contributed by atoms with E-state index in [2.05, 4.69) is 15.5 Å². The summed E-state index contributed by atoms with van der Waals surface area (Å²) in [6, 6.07) is 3.82. The van der Waals surface area contributed by atoms with Gasteiger partial charge in [-0.2, -0.15) is 13.2 Å². The molecule has 0 bridgehead atoms. The molecule has 228 valence electrons. The van der Waals surface area contributed by atoms with Crippen LogP contribution in [0.1, 0.15) is 56.7 Å². The maximum atomic E-state index is 13.4. The first-order valence-electron chi connectivity index (χ1n) is 13.1. The molecule has 1 aromatic heterocycles. The third kappa shape index (κ3) is 10.6. The van der Waals surface area contributed by atoms with E-state index in [-0.39, 0.29) is 43.0 Å². The van der Waals surface area contributed by atoms with Gasteiger partial charge in [0.15, 0.2) is 11.9 Å². The third-order valence-corrected chi connectivity index (χ3v) is 7.56. The van der Waals surface area contributed by atoms with Crippen LogP contribution in [-0.4, -0.2) is 66.4 Å². The van der Waals surface area contributed by atoms with Crippen molar-refractivity contribution < 1.29 is 36.9 Å². The van der Waals surface area contributed by atoms with Crippen molar-refractivity contribution in [1.29, 1.82) is 0 Å². The van der Waals surface area contributed by atoms with Gasteiger partial charge in [-0.25, -0.2) is 4.79 Å². The lowest BCUT2D eigenvalue weighted by atomic mass is 10.1. The van der Waals surface area contributed by atoms with Gasteiger partial charge < -0.3 is 29.2 Å². The number of likely N-dealkylation sites (tertiary alicyclic amines) is 1. The number of amides is 1. The van der Waals surface area contributed by atoms with E-state index < -0.39 is 17.3 Å². The van der Waals surface area contributed by atoms with E-state index >= 15 is 0 Å². The summed E-state index contributed by atoms with van der Waals surface area (Å²) in [4.78, 5) is 14.2. The number of alkyl halides is 3. The molecule has 9 nitrogen and oxygen atoms in total. The summed E-state index contributed by atoms with van der Waals surface area (Å²) in [6.45, 7) is 6.72. The zero-order chi connectivity index (χ0) is 30.2. The summed E-state index contributed by atoms with van der Waals surface area (Å²) >= 11 is 8.21. The monoisotopic (exact) mass is 714 g/mol. The fourth-order valence-electron chi connectivity index (χ4n) is 4.16. The molecule has 14 heteroatoms. The van der Waals surface area contributed by atoms with Gasteiger partial charge in [-0.15, -0.1) is 10.2 Å². The Bertz CT molecular complexity index is 1180. The van der Waals surface area contributed by atoms with E-state index in [9.17, 15) is 18.0 Å². The van der Waals surface area contributed by atoms with E-state index in [4.69, 9.17) is 30.5 Å². The Labute approximate surface area is 256 Å². The first kappa shape index (κ1) is 33.4. The number of anilines is 1. The highest BCUT2D eigenvalue weighted by atomic mass is 127. The molecule has 1 aliphatic rings. The second kappa shape index (κ2) is 14.9. The van der Waals surface area contributed by atoms with E-state index in [0.29, 0.717) is 40.9 Å². The summed E-state index contributed by atoms with van der Waals surface area (Å²) in [5.74, 6) is 0.631. The molecule has 0 radical (unpaired) electrons. The predicted molar refractivity (Wildman–Crippen MR) is 156 cm³/mol. The molecule has 41 heavy (non-hydrogen) atoms. The van der Waals surface area contributed by atoms with E-state index in [1.165, 1.54) is 7.11 Å². The number of aromatic nitrogens is 2. The van der Waals surface area contributed by atoms with Crippen LogP contribution in [0.5, 0.6) is 5.75 Å². The van der Waals surface area contributed by atoms with Gasteiger partial charge in [0, 0.05) is 32.8 Å². The quantitative estimate of drug-likeness (QED) is 0.156. The van der Waals surface area contributed by atoms with Crippen LogP contribution in [0, 0.1) is 3.57 Å². The first-order valence-corrected chi connectivity index (χ1v) is 14.6. The molecular formula is C27H35ClF3IN4O5. The third-order valence-electron chi connectivity index (χ3n) is 6.01. The summed E-state index contributed by atoms with van der Waals surface area (Å²) in [6.07, 6.45) is -2.09. The Balaban J connectivity index is 1.54. The van der Waals surface area contributed by atoms with E-state index in [1.54, 1.807) is 4.90 Å². The number of rotatable bonds is 11. The Kier molecular flexibility index (Phi) is 12.1. The molecule has 1 fully saturated rings. The number of nitrogens with one attached hydrogen (secondary N) is 1. The number of ether oxygens (including phenoxy) is 4. The SMILES string of the molecule is COCOc1cc(C(F)(F)F)cc(COCCCc2cc(N[C@@H]3CCCN(C(=O)OC(C)(C)C)C3)nnc2Cl)c1I. The molecule has 3 rings (SSSR count). The second-order valence-electron chi connectivity index (χ2n) is 10.6. The van der Waals surface area contributed by atoms with Crippen molar-refractivity contribution in [2.24, 2.45) is 0 Å². The summed E-state index contributed by atoms with van der Waals surface area (Å²) in [7, 11) is 1.39. The lowest BCUT2D eigenvalue weighted by molar-refractivity contribution is -0.137. The smallest absolute Gasteiger partial charge is 0.416 e. The van der Waals surface area contributed by atoms with Gasteiger partial charge in [-0.1, -0.05) is 11.6 Å². The van der Waals surface area contributed by atoms with Crippen LogP contribution in [0.15, 0.2) is 18.2 Å². The first-order chi connectivity index (χ1) is 19.3. The zero-order valence-corrected chi connectivity index (χ0v) is 26.4. The average molecular weight is 715 g/mol. The molecule has 1 saturated heterocycles. The maximum Gasteiger partial charge on any atom is 0.416 e. The second-order valence-corrected chi connectivity index (χ2v) is 12.0. The number of methoxy groups -OCH3 is 1. The topological polar surface area (TPSA) is 95.0 Å². The fourth-order valence-corrected chi connectivity index (χ4v) is 4.97. The fraction of sp³-hybridized carbons (Fsp3) is 0.593. The van der Waals surface area contributed by atoms with Gasteiger partial charge in [0.05, 0.1) is 15.7 Å². The van der Waals surface area contributed by atoms with Crippen molar-refractivity contribution >= 4 is 46.1 Å². The zero-order valence-electron chi connectivity index (χ0n) is 23.4. The van der Waals surface area contributed by atoms with Gasteiger partial charge in [-0.05, 0) is 98.4 Å². The van der Waals surface area contributed by atoms with Crippen molar-refractivity contribution in [2.45, 2.75) is 70.9 Å². The number of aryl methyl sites for hydroxylation is 1. The Morgan fingerprint density at radius 3 is 2.63 bits per heavy atom. The minimum atomic E-state index is -4.52. The molecule has 1 atom stereocenters. The largest absolute Gasteiger partial charge is 0.466 e. The number of piperidine rings is 1. The lowest BCUT2D eigenvalue weighted by Gasteiger charge is -2.34. The number of carbonyl (C=O) groups excluding carboxylic acids is 1. The van der Waals surface area contributed by atoms with Crippen molar-refractivity contribution in [1.82, 2.24) is 15.1 Å². The van der Waals surface area contributed by atoms with Gasteiger partial charge in [0.25, 0.3) is 0 Å². The highest BCUT2D eigenvalue weighted by Crippen LogP contribution is 2.36. The van der Waals surface area contributed by atoms with Crippen molar-refractivity contribution in [3.05, 3.63) is 43.6 Å². The normalized spacial score (nSPS) is 16.0. The number of benzene rings is 1. The molecule has 0 unspecified atom stereocenters. The molecular weight excluding hydrogens is 680 g/mol. The van der Waals surface area contributed by atoms with Crippen LogP contribution < -0.4 is 10.1 Å². The molecule has 0 saturated carbocycles. The number of hydrogen-bond acceptors (Lipinski definition) is 8. The number of nitrogens with zero attached hydrogens (tertiary/aromatic N) is 3. The van der Waals surface area contributed by atoms with Crippen LogP contribution in [0.4, 0.5) is 23.8 Å². The van der Waals surface area contributed by atoms with Gasteiger partial charge >= 0.3 is 12.3 Å². The molecule has 1 amide bonds. The predicted octanol–water partition coefficient (Wildman–Crippen LogP) is 6.70. The van der Waals surface area contributed by atoms with Crippen LogP contribution in [0.25, 0.3) is 0 Å². The molecule has 0 aliphatic carbocycles. The minimum absolute atomic E-state index is 0.0174. The summed E-state index contributed by atoms with van der Waals surface area (Å²) in [5, 5.41) is 11.8. The van der Waals surface area contributed by atoms with Crippen LogP contribution >= 0.6 is 34.2 Å². The number of hydrogen-bond donors (Lipinski definition) is 1. The lowest BCUT2D eigenvalue weighted by Crippen LogP contribution is -2.47. The Morgan fingerprint density at radius 1 is 1.20 bits per heavy atom. The van der Waals surface area contributed by atoms with Crippen LogP contribution in [0.3, 0.4) is 0 Å². The molecule has 0 spiro atoms. The van der Waals surface area contributed by atoms with E-state index in [1.807, 2.05) is 49.4 Å². The summed E-state index contributed by atoms with van der Waals surface area (Å²) < 4.78 is 62.0. The van der Waals surface area contributed by atoms with Gasteiger partial charge in [0.1, 0.15) is 17.2 Å². The average Bonchev–Trinajstić information content (AvgIpc) is 2.89. The number of halogens is 5. The molecule has 1 aromatic carbocycles. The minimum Gasteiger partial charge on any atom is -0.466 e. The molecule has 1 N–H and O–H groups in total. The van der Waals surface area contributed by atoms with Gasteiger partial charge in [-0.3, -0.25) is 0 Å². The van der Waals surface area contributed by atoms with Crippen LogP contribution in [-0.2, 0) is 33.4 Å². The highest BCUT2D eigenvalue weighted by Gasteiger charge is 2.32. The van der Waals surface area contributed by atoms with Crippen molar-refractivity contribution in [3.63, 3.8) is 0 Å². The maximum absolute atomic E-state index is 13.4. The molecule has 2 heterocycles. The van der Waals surface area contributed by atoms with Crippen molar-refractivity contribution in [2.75, 3.05) is 38.9 Å². The molecule has 1 aliphatic heterocycles. The Morgan fingerprint density at radius 2 is 1.95 bits per heavy atom. The highest BCUT2D eigenvalue weighted by molar-refractivity contribution is 14.1. The molecule has 2 aromatic rings. The standard InChI is InChI=1S/C27H35ClF3IN4O5/c1-26(2,3)41-25(37)36-9-5-8-20(14-36)33-22-12-17(24(28)35-34-22)7-6-10-39-15-18-11-19(27(29,30)31)13-21(23(18)32)40-16-38-4/h11-13,20H,5-10,14-16H2,1-4H3,(H,33,34)/t20-/m1/s1. The summed E-state index contributed by atoms with van der Waals surface area (Å²) in [5.41, 5.74) is -0.250. The number of carbonyl (C=O) groups is 1. The van der Waals surface area contributed by atoms with E-state index in [0.717, 1.165) is 30.5 Å². The van der Waals surface area contributed by atoms with Gasteiger partial charge in [0.2, 0.25) is 0 Å². The van der Waals surface area contributed by atoms with Crippen molar-refractivity contribution in [3.8, 4) is 5.75 Å². The Hall–Kier alpha value is -2.10. The van der Waals surface area contributed by atoms with Crippen LogP contribution in [0.2, 0.25) is 5.15 Å².